The van der Waals surface area contributed by atoms with E-state index in [1.165, 1.54) is 0 Å². The first-order valence-electron chi connectivity index (χ1n) is 11.2. The van der Waals surface area contributed by atoms with Gasteiger partial charge in [-0.15, -0.1) is 0 Å². The Labute approximate surface area is 185 Å². The van der Waals surface area contributed by atoms with Crippen LogP contribution in [-0.2, 0) is 16.1 Å². The molecule has 5 nitrogen and oxygen atoms in total. The highest BCUT2D eigenvalue weighted by molar-refractivity contribution is 5.88. The number of aryl methyl sites for hydroxylation is 3. The van der Waals surface area contributed by atoms with Gasteiger partial charge >= 0.3 is 0 Å². The summed E-state index contributed by atoms with van der Waals surface area (Å²) in [5.41, 5.74) is 4.19. The number of rotatable bonds is 8. The number of carbonyl (C=O) groups is 2. The van der Waals surface area contributed by atoms with E-state index in [1.54, 1.807) is 11.8 Å². The van der Waals surface area contributed by atoms with Crippen LogP contribution in [0.25, 0.3) is 0 Å². The lowest BCUT2D eigenvalue weighted by atomic mass is 10.1. The van der Waals surface area contributed by atoms with Crippen LogP contribution in [-0.4, -0.2) is 35.4 Å². The molecule has 1 atom stereocenters. The molecule has 1 aliphatic carbocycles. The van der Waals surface area contributed by atoms with Gasteiger partial charge in [0.25, 0.3) is 5.91 Å². The van der Waals surface area contributed by atoms with Gasteiger partial charge in [-0.05, 0) is 63.3 Å². The van der Waals surface area contributed by atoms with Crippen molar-refractivity contribution in [2.45, 2.75) is 72.0 Å². The minimum atomic E-state index is -0.573. The number of hydrogen-bond donors (Lipinski definition) is 1. The molecule has 0 heterocycles. The molecule has 1 aliphatic rings. The zero-order valence-corrected chi connectivity index (χ0v) is 19.1. The Kier molecular flexibility index (Phi) is 7.72. The molecule has 3 rings (SSSR count). The van der Waals surface area contributed by atoms with Crippen LogP contribution in [0.15, 0.2) is 42.5 Å². The molecule has 1 N–H and O–H groups in total. The molecule has 166 valence electrons. The van der Waals surface area contributed by atoms with Crippen LogP contribution in [0.1, 0.15) is 54.9 Å². The largest absolute Gasteiger partial charge is 0.483 e. The van der Waals surface area contributed by atoms with Gasteiger partial charge in [0, 0.05) is 12.6 Å². The van der Waals surface area contributed by atoms with E-state index >= 15 is 0 Å². The van der Waals surface area contributed by atoms with Crippen molar-refractivity contribution in [3.63, 3.8) is 0 Å². The van der Waals surface area contributed by atoms with Crippen molar-refractivity contribution in [3.8, 4) is 5.75 Å². The predicted molar refractivity (Wildman–Crippen MR) is 123 cm³/mol. The third kappa shape index (κ3) is 6.33. The van der Waals surface area contributed by atoms with Gasteiger partial charge in [0.05, 0.1) is 0 Å². The zero-order chi connectivity index (χ0) is 22.4. The minimum absolute atomic E-state index is 0.0976. The van der Waals surface area contributed by atoms with E-state index in [4.69, 9.17) is 4.74 Å². The van der Waals surface area contributed by atoms with Crippen molar-refractivity contribution in [1.82, 2.24) is 10.2 Å². The van der Waals surface area contributed by atoms with E-state index in [0.717, 1.165) is 47.9 Å². The second-order valence-corrected chi connectivity index (χ2v) is 8.73. The number of nitrogens with one attached hydrogen (secondary N) is 1. The summed E-state index contributed by atoms with van der Waals surface area (Å²) in [6, 6.07) is 13.6. The van der Waals surface area contributed by atoms with E-state index < -0.39 is 6.04 Å². The monoisotopic (exact) mass is 422 g/mol. The fraction of sp³-hybridized carbons (Fsp3) is 0.462. The van der Waals surface area contributed by atoms with Crippen molar-refractivity contribution in [2.24, 2.45) is 0 Å². The third-order valence-corrected chi connectivity index (χ3v) is 6.00. The van der Waals surface area contributed by atoms with Crippen LogP contribution in [0.4, 0.5) is 0 Å². The van der Waals surface area contributed by atoms with Gasteiger partial charge in [-0.25, -0.2) is 0 Å². The topological polar surface area (TPSA) is 58.6 Å². The summed E-state index contributed by atoms with van der Waals surface area (Å²) in [6.07, 6.45) is 4.32. The van der Waals surface area contributed by atoms with Crippen molar-refractivity contribution in [1.29, 1.82) is 0 Å². The van der Waals surface area contributed by atoms with Crippen LogP contribution in [0.3, 0.4) is 0 Å². The van der Waals surface area contributed by atoms with Crippen LogP contribution in [0, 0.1) is 20.8 Å². The Morgan fingerprint density at radius 3 is 2.48 bits per heavy atom. The molecule has 2 aromatic rings. The first-order chi connectivity index (χ1) is 14.8. The third-order valence-electron chi connectivity index (χ3n) is 6.00. The number of hydrogen-bond acceptors (Lipinski definition) is 3. The second kappa shape index (κ2) is 10.5. The zero-order valence-electron chi connectivity index (χ0n) is 19.1. The predicted octanol–water partition coefficient (Wildman–Crippen LogP) is 4.47. The maximum absolute atomic E-state index is 13.2. The number of carbonyl (C=O) groups excluding carboxylic acids is 2. The molecule has 0 saturated heterocycles. The van der Waals surface area contributed by atoms with Crippen molar-refractivity contribution in [3.05, 3.63) is 64.7 Å². The molecular weight excluding hydrogens is 388 g/mol. The lowest BCUT2D eigenvalue weighted by Crippen LogP contribution is -2.50. The summed E-state index contributed by atoms with van der Waals surface area (Å²) in [4.78, 5) is 27.8. The summed E-state index contributed by atoms with van der Waals surface area (Å²) in [5, 5.41) is 3.13. The van der Waals surface area contributed by atoms with Crippen molar-refractivity contribution >= 4 is 11.8 Å². The normalized spacial score (nSPS) is 14.8. The lowest BCUT2D eigenvalue weighted by molar-refractivity contribution is -0.142. The quantitative estimate of drug-likeness (QED) is 0.683. The first kappa shape index (κ1) is 22.9. The smallest absolute Gasteiger partial charge is 0.261 e. The van der Waals surface area contributed by atoms with E-state index in [0.29, 0.717) is 12.3 Å². The molecule has 0 bridgehead atoms. The molecule has 5 heteroatoms. The molecule has 1 saturated carbocycles. The minimum Gasteiger partial charge on any atom is -0.483 e. The average Bonchev–Trinajstić information content (AvgIpc) is 3.25. The second-order valence-electron chi connectivity index (χ2n) is 8.73. The van der Waals surface area contributed by atoms with Crippen molar-refractivity contribution in [2.75, 3.05) is 6.61 Å². The van der Waals surface area contributed by atoms with Gasteiger partial charge in [-0.2, -0.15) is 0 Å². The fourth-order valence-electron chi connectivity index (χ4n) is 4.07. The maximum atomic E-state index is 13.2. The molecule has 0 spiro atoms. The van der Waals surface area contributed by atoms with Gasteiger partial charge < -0.3 is 15.0 Å². The molecule has 0 aliphatic heterocycles. The highest BCUT2D eigenvalue weighted by Gasteiger charge is 2.28. The Morgan fingerprint density at radius 2 is 1.77 bits per heavy atom. The van der Waals surface area contributed by atoms with Crippen LogP contribution < -0.4 is 10.1 Å². The maximum Gasteiger partial charge on any atom is 0.261 e. The van der Waals surface area contributed by atoms with Crippen molar-refractivity contribution < 1.29 is 14.3 Å². The van der Waals surface area contributed by atoms with Gasteiger partial charge in [0.1, 0.15) is 11.8 Å². The molecule has 0 aromatic heterocycles. The average molecular weight is 423 g/mol. The molecule has 31 heavy (non-hydrogen) atoms. The lowest BCUT2D eigenvalue weighted by Gasteiger charge is -2.30. The van der Waals surface area contributed by atoms with Gasteiger partial charge in [0.2, 0.25) is 5.91 Å². The Hall–Kier alpha value is -2.82. The molecule has 2 aromatic carbocycles. The molecule has 0 radical (unpaired) electrons. The highest BCUT2D eigenvalue weighted by Crippen LogP contribution is 2.21. The summed E-state index contributed by atoms with van der Waals surface area (Å²) in [7, 11) is 0. The van der Waals surface area contributed by atoms with Gasteiger partial charge in [-0.3, -0.25) is 9.59 Å². The molecule has 0 unspecified atom stereocenters. The first-order valence-corrected chi connectivity index (χ1v) is 11.2. The number of benzene rings is 2. The molecule has 2 amide bonds. The van der Waals surface area contributed by atoms with E-state index in [9.17, 15) is 9.59 Å². The Morgan fingerprint density at radius 1 is 1.06 bits per heavy atom. The standard InChI is InChI=1S/C26H34N2O3/c1-18-8-7-9-22(14-18)16-28(21(4)26(30)27-23-10-5-6-11-23)25(29)17-31-24-15-19(2)12-13-20(24)3/h7-9,12-15,21,23H,5-6,10-11,16-17H2,1-4H3,(H,27,30)/t21-/m0/s1. The number of ether oxygens (including phenoxy) is 1. The Balaban J connectivity index is 1.73. The summed E-state index contributed by atoms with van der Waals surface area (Å²) in [5.74, 6) is 0.406. The van der Waals surface area contributed by atoms with Crippen LogP contribution in [0.2, 0.25) is 0 Å². The highest BCUT2D eigenvalue weighted by atomic mass is 16.5. The van der Waals surface area contributed by atoms with Crippen LogP contribution in [0.5, 0.6) is 5.75 Å². The van der Waals surface area contributed by atoms with E-state index in [2.05, 4.69) is 5.32 Å². The number of nitrogens with zero attached hydrogens (tertiary/aromatic N) is 1. The van der Waals surface area contributed by atoms with E-state index in [-0.39, 0.29) is 24.5 Å². The SMILES string of the molecule is Cc1cccc(CN(C(=O)COc2cc(C)ccc2C)[C@@H](C)C(=O)NC2CCCC2)c1. The fourth-order valence-corrected chi connectivity index (χ4v) is 4.07. The van der Waals surface area contributed by atoms with E-state index in [1.807, 2.05) is 63.2 Å². The molecular formula is C26H34N2O3. The summed E-state index contributed by atoms with van der Waals surface area (Å²) in [6.45, 7) is 8.05. The van der Waals surface area contributed by atoms with Crippen LogP contribution >= 0.6 is 0 Å². The molecule has 1 fully saturated rings. The van der Waals surface area contributed by atoms with Gasteiger partial charge in [0.15, 0.2) is 6.61 Å². The number of amides is 2. The summed E-state index contributed by atoms with van der Waals surface area (Å²) >= 11 is 0. The Bertz CT molecular complexity index is 919. The van der Waals surface area contributed by atoms with Gasteiger partial charge in [-0.1, -0.05) is 54.8 Å². The summed E-state index contributed by atoms with van der Waals surface area (Å²) < 4.78 is 5.86.